The van der Waals surface area contributed by atoms with Gasteiger partial charge in [-0.3, -0.25) is 0 Å². The fraction of sp³-hybridized carbons (Fsp3) is 0.455. The lowest BCUT2D eigenvalue weighted by Crippen LogP contribution is -2.44. The Bertz CT molecular complexity index is 1660. The minimum Gasteiger partial charge on any atom is -0.493 e. The molecule has 0 unspecified atom stereocenters. The van der Waals surface area contributed by atoms with E-state index in [1.54, 1.807) is 0 Å². The van der Waals surface area contributed by atoms with Gasteiger partial charge in [0, 0.05) is 27.1 Å². The van der Waals surface area contributed by atoms with Crippen LogP contribution in [-0.4, -0.2) is 59.5 Å². The maximum Gasteiger partial charge on any atom is 0.119 e. The van der Waals surface area contributed by atoms with Crippen LogP contribution >= 0.6 is 0 Å². The van der Waals surface area contributed by atoms with E-state index in [1.807, 2.05) is 0 Å². The fourth-order valence-corrected chi connectivity index (χ4v) is 7.00. The zero-order valence-corrected chi connectivity index (χ0v) is 30.6. The molecule has 0 spiro atoms. The molecule has 0 atom stereocenters. The summed E-state index contributed by atoms with van der Waals surface area (Å²) in [7, 11) is 0. The molecule has 0 bridgehead atoms. The van der Waals surface area contributed by atoms with E-state index in [1.165, 1.54) is 27.8 Å². The van der Waals surface area contributed by atoms with E-state index in [-0.39, 0.29) is 21.7 Å². The van der Waals surface area contributed by atoms with Crippen LogP contribution in [0.4, 0.5) is 0 Å². The minimum absolute atomic E-state index is 0.0925. The van der Waals surface area contributed by atoms with Crippen LogP contribution in [0.2, 0.25) is 0 Å². The molecule has 4 aromatic carbocycles. The summed E-state index contributed by atoms with van der Waals surface area (Å²) in [5, 5.41) is 0. The van der Waals surface area contributed by atoms with Crippen LogP contribution in [0.1, 0.15) is 69.4 Å². The molecular weight excluding hydrogens is 624 g/mol. The highest BCUT2D eigenvalue weighted by molar-refractivity contribution is 5.53. The van der Waals surface area contributed by atoms with Crippen LogP contribution in [0, 0.1) is 16.2 Å². The molecule has 7 rings (SSSR count). The van der Waals surface area contributed by atoms with Crippen molar-refractivity contribution in [2.75, 3.05) is 59.5 Å². The van der Waals surface area contributed by atoms with Crippen molar-refractivity contribution in [3.8, 4) is 17.2 Å². The first-order valence-electron chi connectivity index (χ1n) is 17.9. The molecule has 0 aliphatic carbocycles. The van der Waals surface area contributed by atoms with E-state index >= 15 is 0 Å². The molecule has 0 N–H and O–H groups in total. The lowest BCUT2D eigenvalue weighted by molar-refractivity contribution is -0.120. The Balaban J connectivity index is 1.13. The topological polar surface area (TPSA) is 55.4 Å². The maximum atomic E-state index is 6.20. The van der Waals surface area contributed by atoms with Gasteiger partial charge in [-0.15, -0.1) is 0 Å². The standard InChI is InChI=1S/C44H52O6/c1-40(2,33-11-17-37(18-12-33)48-29-41(3)23-45-24-41)32-7-9-34(10-8-32)44(6,35-13-19-38(20-14-35)49-30-42(4)25-46-26-42)36-15-21-39(22-16-36)50-31-43(5)27-47-28-43/h7-22H,23-31H2,1-6H3. The Morgan fingerprint density at radius 2 is 0.660 bits per heavy atom. The predicted molar refractivity (Wildman–Crippen MR) is 197 cm³/mol. The summed E-state index contributed by atoms with van der Waals surface area (Å²) in [5.74, 6) is 2.65. The average Bonchev–Trinajstić information content (AvgIpc) is 3.10. The van der Waals surface area contributed by atoms with Gasteiger partial charge in [0.2, 0.25) is 0 Å². The van der Waals surface area contributed by atoms with Crippen LogP contribution < -0.4 is 14.2 Å². The molecule has 0 amide bonds. The van der Waals surface area contributed by atoms with Crippen molar-refractivity contribution < 1.29 is 28.4 Å². The van der Waals surface area contributed by atoms with Crippen molar-refractivity contribution in [3.05, 3.63) is 125 Å². The number of hydrogen-bond donors (Lipinski definition) is 0. The van der Waals surface area contributed by atoms with Crippen molar-refractivity contribution in [1.82, 2.24) is 0 Å². The highest BCUT2D eigenvalue weighted by Crippen LogP contribution is 2.42. The highest BCUT2D eigenvalue weighted by atomic mass is 16.5. The van der Waals surface area contributed by atoms with E-state index in [0.717, 1.165) is 56.9 Å². The van der Waals surface area contributed by atoms with Gasteiger partial charge in [-0.25, -0.2) is 0 Å². The van der Waals surface area contributed by atoms with Crippen molar-refractivity contribution in [2.45, 2.75) is 52.4 Å². The quantitative estimate of drug-likeness (QED) is 0.125. The smallest absolute Gasteiger partial charge is 0.119 e. The molecule has 264 valence electrons. The minimum atomic E-state index is -0.414. The van der Waals surface area contributed by atoms with Gasteiger partial charge in [-0.1, -0.05) is 95.3 Å². The van der Waals surface area contributed by atoms with E-state index in [0.29, 0.717) is 19.8 Å². The van der Waals surface area contributed by atoms with Gasteiger partial charge in [0.15, 0.2) is 0 Å². The first-order chi connectivity index (χ1) is 23.9. The maximum absolute atomic E-state index is 6.20. The molecule has 50 heavy (non-hydrogen) atoms. The summed E-state index contributed by atoms with van der Waals surface area (Å²) >= 11 is 0. The SMILES string of the molecule is CC1(COc2ccc(C(C)(C)c3ccc(C(C)(c4ccc(OCC5(C)COC5)cc4)c4ccc(OCC5(C)COC5)cc4)cc3)cc2)COC1. The fourth-order valence-electron chi connectivity index (χ4n) is 7.00. The molecule has 6 nitrogen and oxygen atoms in total. The molecule has 0 saturated carbocycles. The Hall–Kier alpha value is -3.84. The van der Waals surface area contributed by atoms with Crippen LogP contribution in [0.3, 0.4) is 0 Å². The zero-order valence-electron chi connectivity index (χ0n) is 30.6. The lowest BCUT2D eigenvalue weighted by Gasteiger charge is -2.37. The van der Waals surface area contributed by atoms with Crippen molar-refractivity contribution in [2.24, 2.45) is 16.2 Å². The van der Waals surface area contributed by atoms with Gasteiger partial charge in [0.05, 0.1) is 59.5 Å². The summed E-state index contributed by atoms with van der Waals surface area (Å²) < 4.78 is 34.7. The molecule has 3 aliphatic heterocycles. The number of hydrogen-bond acceptors (Lipinski definition) is 6. The molecule has 4 aromatic rings. The van der Waals surface area contributed by atoms with Crippen LogP contribution in [0.15, 0.2) is 97.1 Å². The third kappa shape index (κ3) is 7.03. The number of ether oxygens (including phenoxy) is 6. The van der Waals surface area contributed by atoms with Gasteiger partial charge in [-0.2, -0.15) is 0 Å². The Morgan fingerprint density at radius 1 is 0.420 bits per heavy atom. The molecule has 0 radical (unpaired) electrons. The highest BCUT2D eigenvalue weighted by Gasteiger charge is 2.37. The van der Waals surface area contributed by atoms with Crippen molar-refractivity contribution in [3.63, 3.8) is 0 Å². The molecule has 6 heteroatoms. The molecular formula is C44H52O6. The summed E-state index contributed by atoms with van der Waals surface area (Å²) in [6, 6.07) is 34.9. The summed E-state index contributed by atoms with van der Waals surface area (Å²) in [6.45, 7) is 20.0. The third-order valence-electron chi connectivity index (χ3n) is 11.1. The van der Waals surface area contributed by atoms with Crippen LogP contribution in [0.5, 0.6) is 17.2 Å². The van der Waals surface area contributed by atoms with Gasteiger partial charge in [-0.05, 0) is 71.1 Å². The number of benzene rings is 4. The molecule has 3 heterocycles. The largest absolute Gasteiger partial charge is 0.493 e. The number of rotatable bonds is 14. The van der Waals surface area contributed by atoms with E-state index in [4.69, 9.17) is 28.4 Å². The summed E-state index contributed by atoms with van der Waals surface area (Å²) in [4.78, 5) is 0. The Morgan fingerprint density at radius 3 is 0.920 bits per heavy atom. The molecule has 3 aliphatic rings. The van der Waals surface area contributed by atoms with E-state index < -0.39 is 5.41 Å². The van der Waals surface area contributed by atoms with Gasteiger partial charge in [0.1, 0.15) is 17.2 Å². The Kier molecular flexibility index (Phi) is 9.25. The van der Waals surface area contributed by atoms with E-state index in [2.05, 4.69) is 139 Å². The zero-order chi connectivity index (χ0) is 35.0. The molecule has 3 fully saturated rings. The van der Waals surface area contributed by atoms with Crippen molar-refractivity contribution in [1.29, 1.82) is 0 Å². The first kappa shape index (κ1) is 34.6. The Labute approximate surface area is 298 Å². The second kappa shape index (κ2) is 13.4. The second-order valence-electron chi connectivity index (χ2n) is 16.7. The third-order valence-corrected chi connectivity index (χ3v) is 11.1. The first-order valence-corrected chi connectivity index (χ1v) is 17.9. The predicted octanol–water partition coefficient (Wildman–Crippen LogP) is 8.61. The lowest BCUT2D eigenvalue weighted by atomic mass is 9.70. The van der Waals surface area contributed by atoms with E-state index in [9.17, 15) is 0 Å². The monoisotopic (exact) mass is 676 g/mol. The van der Waals surface area contributed by atoms with Gasteiger partial charge < -0.3 is 28.4 Å². The second-order valence-corrected chi connectivity index (χ2v) is 16.7. The molecule has 0 aromatic heterocycles. The average molecular weight is 677 g/mol. The molecule has 3 saturated heterocycles. The summed E-state index contributed by atoms with van der Waals surface area (Å²) in [5.41, 5.74) is 5.81. The van der Waals surface area contributed by atoms with Crippen LogP contribution in [-0.2, 0) is 25.0 Å². The summed E-state index contributed by atoms with van der Waals surface area (Å²) in [6.07, 6.45) is 0. The van der Waals surface area contributed by atoms with Crippen LogP contribution in [0.25, 0.3) is 0 Å². The normalized spacial score (nSPS) is 19.0. The van der Waals surface area contributed by atoms with Gasteiger partial charge >= 0.3 is 0 Å². The van der Waals surface area contributed by atoms with Crippen molar-refractivity contribution >= 4 is 0 Å². The van der Waals surface area contributed by atoms with Gasteiger partial charge in [0.25, 0.3) is 0 Å².